The fourth-order valence-corrected chi connectivity index (χ4v) is 2.64. The lowest BCUT2D eigenvalue weighted by Crippen LogP contribution is -2.25. The molecule has 2 nitrogen and oxygen atoms in total. The predicted octanol–water partition coefficient (Wildman–Crippen LogP) is 3.59. The Hall–Kier alpha value is -1.02. The second kappa shape index (κ2) is 5.96. The van der Waals surface area contributed by atoms with E-state index in [-0.39, 0.29) is 0 Å². The summed E-state index contributed by atoms with van der Waals surface area (Å²) in [5.74, 6) is 0. The second-order valence-electron chi connectivity index (χ2n) is 6.98. The second-order valence-corrected chi connectivity index (χ2v) is 6.98. The molecule has 0 aliphatic carbocycles. The molecule has 0 bridgehead atoms. The Morgan fingerprint density at radius 2 is 2.05 bits per heavy atom. The number of hydrogen-bond acceptors (Lipinski definition) is 2. The number of nitrogens with zero attached hydrogens (tertiary/aromatic N) is 1. The zero-order valence-electron chi connectivity index (χ0n) is 12.9. The zero-order chi connectivity index (χ0) is 13.9. The van der Waals surface area contributed by atoms with Crippen molar-refractivity contribution >= 4 is 5.69 Å². The normalized spacial score (nSPS) is 15.5. The summed E-state index contributed by atoms with van der Waals surface area (Å²) in [6.07, 6.45) is 3.74. The van der Waals surface area contributed by atoms with Crippen LogP contribution in [0.1, 0.15) is 44.7 Å². The topological polar surface area (TPSA) is 15.3 Å². The van der Waals surface area contributed by atoms with E-state index in [1.807, 2.05) is 0 Å². The molecule has 1 aliphatic heterocycles. The first kappa shape index (κ1) is 14.4. The fourth-order valence-electron chi connectivity index (χ4n) is 2.64. The first-order valence-electron chi connectivity index (χ1n) is 7.49. The average Bonchev–Trinajstić information content (AvgIpc) is 2.34. The fraction of sp³-hybridized carbons (Fsp3) is 0.647. The van der Waals surface area contributed by atoms with Crippen molar-refractivity contribution in [3.63, 3.8) is 0 Å². The number of nitrogens with one attached hydrogen (secondary N) is 1. The maximum atomic E-state index is 3.56. The molecule has 1 aliphatic rings. The van der Waals surface area contributed by atoms with Crippen molar-refractivity contribution in [3.05, 3.63) is 29.3 Å². The summed E-state index contributed by atoms with van der Waals surface area (Å²) in [7, 11) is 2.19. The summed E-state index contributed by atoms with van der Waals surface area (Å²) in [4.78, 5) is 2.37. The number of fused-ring (bicyclic) bond motifs is 1. The van der Waals surface area contributed by atoms with Crippen LogP contribution >= 0.6 is 0 Å². The summed E-state index contributed by atoms with van der Waals surface area (Å²) < 4.78 is 0. The summed E-state index contributed by atoms with van der Waals surface area (Å²) >= 11 is 0. The lowest BCUT2D eigenvalue weighted by atomic mass is 9.92. The van der Waals surface area contributed by atoms with E-state index < -0.39 is 0 Å². The van der Waals surface area contributed by atoms with E-state index >= 15 is 0 Å². The predicted molar refractivity (Wildman–Crippen MR) is 83.8 cm³/mol. The Bertz CT molecular complexity index is 418. The SMILES string of the molecule is CN1CCCc2cc(CNCCC(C)(C)C)ccc21. The minimum atomic E-state index is 0.422. The number of hydrogen-bond donors (Lipinski definition) is 1. The standard InChI is InChI=1S/C17H28N2/c1-17(2,3)9-10-18-13-14-7-8-16-15(12-14)6-5-11-19(16)4/h7-8,12,18H,5-6,9-11,13H2,1-4H3. The van der Waals surface area contributed by atoms with Crippen LogP contribution in [-0.2, 0) is 13.0 Å². The minimum Gasteiger partial charge on any atom is -0.374 e. The zero-order valence-corrected chi connectivity index (χ0v) is 12.9. The molecule has 2 heteroatoms. The monoisotopic (exact) mass is 260 g/mol. The molecule has 2 rings (SSSR count). The molecular formula is C17H28N2. The summed E-state index contributed by atoms with van der Waals surface area (Å²) in [5.41, 5.74) is 4.78. The van der Waals surface area contributed by atoms with Crippen LogP contribution in [0.25, 0.3) is 0 Å². The van der Waals surface area contributed by atoms with Gasteiger partial charge in [-0.05, 0) is 48.4 Å². The third-order valence-corrected chi connectivity index (χ3v) is 3.88. The van der Waals surface area contributed by atoms with Gasteiger partial charge in [-0.25, -0.2) is 0 Å². The lowest BCUT2D eigenvalue weighted by molar-refractivity contribution is 0.366. The van der Waals surface area contributed by atoms with Gasteiger partial charge in [0.1, 0.15) is 0 Å². The molecule has 106 valence electrons. The van der Waals surface area contributed by atoms with Crippen molar-refractivity contribution in [1.82, 2.24) is 5.32 Å². The molecule has 0 atom stereocenters. The number of rotatable bonds is 4. The first-order chi connectivity index (χ1) is 8.96. The Morgan fingerprint density at radius 1 is 1.26 bits per heavy atom. The van der Waals surface area contributed by atoms with Crippen LogP contribution in [0.15, 0.2) is 18.2 Å². The van der Waals surface area contributed by atoms with Gasteiger partial charge in [-0.2, -0.15) is 0 Å². The molecule has 0 saturated carbocycles. The Labute approximate surface area is 118 Å². The van der Waals surface area contributed by atoms with Gasteiger partial charge in [-0.3, -0.25) is 0 Å². The highest BCUT2D eigenvalue weighted by atomic mass is 15.1. The highest BCUT2D eigenvalue weighted by Crippen LogP contribution is 2.26. The van der Waals surface area contributed by atoms with Gasteiger partial charge < -0.3 is 10.2 Å². The van der Waals surface area contributed by atoms with Gasteiger partial charge in [0.05, 0.1) is 0 Å². The molecule has 1 aromatic rings. The smallest absolute Gasteiger partial charge is 0.0396 e. The van der Waals surface area contributed by atoms with E-state index in [2.05, 4.69) is 56.2 Å². The maximum absolute atomic E-state index is 3.56. The van der Waals surface area contributed by atoms with Gasteiger partial charge in [0.15, 0.2) is 0 Å². The van der Waals surface area contributed by atoms with Crippen LogP contribution in [0.3, 0.4) is 0 Å². The molecule has 0 amide bonds. The van der Waals surface area contributed by atoms with Crippen LogP contribution in [-0.4, -0.2) is 20.1 Å². The average molecular weight is 260 g/mol. The third-order valence-electron chi connectivity index (χ3n) is 3.88. The molecule has 19 heavy (non-hydrogen) atoms. The summed E-state index contributed by atoms with van der Waals surface area (Å²) in [5, 5.41) is 3.56. The molecule has 1 N–H and O–H groups in total. The van der Waals surface area contributed by atoms with Crippen LogP contribution in [0, 0.1) is 5.41 Å². The van der Waals surface area contributed by atoms with Crippen molar-refractivity contribution in [2.45, 2.75) is 46.6 Å². The van der Waals surface area contributed by atoms with Crippen molar-refractivity contribution < 1.29 is 0 Å². The van der Waals surface area contributed by atoms with E-state index in [0.717, 1.165) is 13.1 Å². The van der Waals surface area contributed by atoms with Crippen molar-refractivity contribution in [1.29, 1.82) is 0 Å². The van der Waals surface area contributed by atoms with Crippen LogP contribution in [0.5, 0.6) is 0 Å². The van der Waals surface area contributed by atoms with Gasteiger partial charge in [0.25, 0.3) is 0 Å². The van der Waals surface area contributed by atoms with Crippen LogP contribution in [0.2, 0.25) is 0 Å². The van der Waals surface area contributed by atoms with Crippen LogP contribution in [0.4, 0.5) is 5.69 Å². The molecular weight excluding hydrogens is 232 g/mol. The van der Waals surface area contributed by atoms with E-state index in [4.69, 9.17) is 0 Å². The Balaban J connectivity index is 1.88. The molecule has 0 radical (unpaired) electrons. The largest absolute Gasteiger partial charge is 0.374 e. The van der Waals surface area contributed by atoms with Gasteiger partial charge >= 0.3 is 0 Å². The van der Waals surface area contributed by atoms with E-state index in [1.54, 1.807) is 0 Å². The van der Waals surface area contributed by atoms with Crippen molar-refractivity contribution in [2.75, 3.05) is 25.0 Å². The summed E-state index contributed by atoms with van der Waals surface area (Å²) in [6.45, 7) is 10.2. The molecule has 0 aromatic heterocycles. The number of benzene rings is 1. The highest BCUT2D eigenvalue weighted by Gasteiger charge is 2.13. The molecule has 0 fully saturated rings. The molecule has 0 spiro atoms. The maximum Gasteiger partial charge on any atom is 0.0396 e. The number of anilines is 1. The molecule has 1 heterocycles. The molecule has 0 unspecified atom stereocenters. The summed E-state index contributed by atoms with van der Waals surface area (Å²) in [6, 6.07) is 6.94. The Morgan fingerprint density at radius 3 is 2.79 bits per heavy atom. The highest BCUT2D eigenvalue weighted by molar-refractivity contribution is 5.56. The molecule has 1 aromatic carbocycles. The van der Waals surface area contributed by atoms with Gasteiger partial charge in [0, 0.05) is 25.8 Å². The first-order valence-corrected chi connectivity index (χ1v) is 7.49. The Kier molecular flexibility index (Phi) is 4.51. The van der Waals surface area contributed by atoms with Gasteiger partial charge in [-0.15, -0.1) is 0 Å². The quantitative estimate of drug-likeness (QED) is 0.832. The number of aryl methyl sites for hydroxylation is 1. The lowest BCUT2D eigenvalue weighted by Gasteiger charge is -2.28. The van der Waals surface area contributed by atoms with Gasteiger partial charge in [0.2, 0.25) is 0 Å². The van der Waals surface area contributed by atoms with E-state index in [1.165, 1.54) is 42.6 Å². The van der Waals surface area contributed by atoms with E-state index in [9.17, 15) is 0 Å². The van der Waals surface area contributed by atoms with Crippen molar-refractivity contribution in [3.8, 4) is 0 Å². The van der Waals surface area contributed by atoms with Crippen molar-refractivity contribution in [2.24, 2.45) is 5.41 Å². The molecule has 0 saturated heterocycles. The third kappa shape index (κ3) is 4.24. The van der Waals surface area contributed by atoms with Gasteiger partial charge in [-0.1, -0.05) is 32.9 Å². The van der Waals surface area contributed by atoms with Crippen LogP contribution < -0.4 is 10.2 Å². The van der Waals surface area contributed by atoms with E-state index in [0.29, 0.717) is 5.41 Å². The minimum absolute atomic E-state index is 0.422.